The van der Waals surface area contributed by atoms with Gasteiger partial charge in [0, 0.05) is 4.47 Å². The molecule has 3 aromatic carbocycles. The number of hydrogen-bond acceptors (Lipinski definition) is 2. The van der Waals surface area contributed by atoms with Crippen molar-refractivity contribution in [2.24, 2.45) is 0 Å². The van der Waals surface area contributed by atoms with E-state index in [1.54, 1.807) is 42.5 Å². The number of fused-ring (bicyclic) bond motifs is 1. The van der Waals surface area contributed by atoms with E-state index in [1.165, 1.54) is 0 Å². The lowest BCUT2D eigenvalue weighted by Crippen LogP contribution is -2.08. The number of sulfone groups is 1. The average molecular weight is 396 g/mol. The van der Waals surface area contributed by atoms with Gasteiger partial charge in [-0.1, -0.05) is 70.0 Å². The van der Waals surface area contributed by atoms with Gasteiger partial charge in [0.05, 0.1) is 4.90 Å². The average Bonchev–Trinajstić information content (AvgIpc) is 2.54. The highest BCUT2D eigenvalue weighted by Gasteiger charge is 2.27. The minimum atomic E-state index is -3.64. The smallest absolute Gasteiger partial charge is 0.199 e. The normalized spacial score (nSPS) is 13.2. The van der Waals surface area contributed by atoms with Crippen LogP contribution in [0.5, 0.6) is 0 Å². The predicted octanol–water partition coefficient (Wildman–Crippen LogP) is 5.31. The molecule has 2 nitrogen and oxygen atoms in total. The van der Waals surface area contributed by atoms with E-state index in [0.29, 0.717) is 5.56 Å². The SMILES string of the molecule is O=S(=O)(c1ccc2cc(Br)ccc2c1)C(Cl)c1ccccc1. The molecule has 1 unspecified atom stereocenters. The summed E-state index contributed by atoms with van der Waals surface area (Å²) < 4.78 is 25.3. The standard InChI is InChI=1S/C17H12BrClO2S/c18-15-8-6-14-11-16(9-7-13(14)10-15)22(20,21)17(19)12-4-2-1-3-5-12/h1-11,17H. The Bertz CT molecular complexity index is 924. The maximum atomic E-state index is 12.7. The van der Waals surface area contributed by atoms with Crippen molar-refractivity contribution in [3.05, 3.63) is 76.8 Å². The fourth-order valence-corrected chi connectivity index (χ4v) is 4.41. The number of hydrogen-bond donors (Lipinski definition) is 0. The van der Waals surface area contributed by atoms with Crippen molar-refractivity contribution in [1.82, 2.24) is 0 Å². The van der Waals surface area contributed by atoms with Gasteiger partial charge in [0.1, 0.15) is 0 Å². The van der Waals surface area contributed by atoms with Crippen molar-refractivity contribution in [2.75, 3.05) is 0 Å². The summed E-state index contributed by atoms with van der Waals surface area (Å²) >= 11 is 9.62. The summed E-state index contributed by atoms with van der Waals surface area (Å²) in [6.07, 6.45) is 0. The van der Waals surface area contributed by atoms with E-state index in [0.717, 1.165) is 15.2 Å². The molecule has 112 valence electrons. The highest BCUT2D eigenvalue weighted by molar-refractivity contribution is 9.10. The molecule has 0 radical (unpaired) electrons. The van der Waals surface area contributed by atoms with Crippen LogP contribution in [0.1, 0.15) is 10.3 Å². The Balaban J connectivity index is 2.07. The number of rotatable bonds is 3. The monoisotopic (exact) mass is 394 g/mol. The maximum absolute atomic E-state index is 12.7. The van der Waals surface area contributed by atoms with E-state index in [9.17, 15) is 8.42 Å². The van der Waals surface area contributed by atoms with Crippen LogP contribution in [-0.2, 0) is 9.84 Å². The molecule has 0 heterocycles. The third-order valence-electron chi connectivity index (χ3n) is 3.44. The molecule has 0 aliphatic heterocycles. The number of halogens is 2. The Morgan fingerprint density at radius 2 is 1.50 bits per heavy atom. The van der Waals surface area contributed by atoms with Crippen LogP contribution in [-0.4, -0.2) is 8.42 Å². The fraction of sp³-hybridized carbons (Fsp3) is 0.0588. The van der Waals surface area contributed by atoms with E-state index in [2.05, 4.69) is 15.9 Å². The zero-order chi connectivity index (χ0) is 15.7. The maximum Gasteiger partial charge on any atom is 0.199 e. The van der Waals surface area contributed by atoms with Crippen molar-refractivity contribution in [3.63, 3.8) is 0 Å². The van der Waals surface area contributed by atoms with Gasteiger partial charge < -0.3 is 0 Å². The molecule has 0 aliphatic rings. The number of benzene rings is 3. The first-order chi connectivity index (χ1) is 10.5. The Hall–Kier alpha value is -1.36. The van der Waals surface area contributed by atoms with Crippen LogP contribution >= 0.6 is 27.5 Å². The molecule has 0 N–H and O–H groups in total. The van der Waals surface area contributed by atoms with Crippen molar-refractivity contribution >= 4 is 48.1 Å². The van der Waals surface area contributed by atoms with Gasteiger partial charge in [0.2, 0.25) is 0 Å². The molecule has 0 amide bonds. The van der Waals surface area contributed by atoms with Gasteiger partial charge in [-0.25, -0.2) is 8.42 Å². The Morgan fingerprint density at radius 1 is 0.864 bits per heavy atom. The summed E-state index contributed by atoms with van der Waals surface area (Å²) in [6, 6.07) is 19.6. The van der Waals surface area contributed by atoms with Crippen LogP contribution in [0.15, 0.2) is 76.1 Å². The molecule has 1 atom stereocenters. The van der Waals surface area contributed by atoms with Gasteiger partial charge >= 0.3 is 0 Å². The fourth-order valence-electron chi connectivity index (χ4n) is 2.27. The zero-order valence-electron chi connectivity index (χ0n) is 11.4. The molecule has 0 bridgehead atoms. The Kier molecular flexibility index (Phi) is 4.26. The molecule has 0 aromatic heterocycles. The van der Waals surface area contributed by atoms with Crippen LogP contribution in [0.2, 0.25) is 0 Å². The van der Waals surface area contributed by atoms with Crippen molar-refractivity contribution in [3.8, 4) is 0 Å². The second kappa shape index (κ2) is 6.03. The molecule has 3 aromatic rings. The zero-order valence-corrected chi connectivity index (χ0v) is 14.6. The second-order valence-corrected chi connectivity index (χ2v) is 8.57. The molecule has 22 heavy (non-hydrogen) atoms. The van der Waals surface area contributed by atoms with Gasteiger partial charge in [-0.05, 0) is 40.6 Å². The molecule has 5 heteroatoms. The lowest BCUT2D eigenvalue weighted by molar-refractivity contribution is 0.594. The quantitative estimate of drug-likeness (QED) is 0.563. The van der Waals surface area contributed by atoms with Crippen LogP contribution < -0.4 is 0 Å². The van der Waals surface area contributed by atoms with E-state index < -0.39 is 14.5 Å². The van der Waals surface area contributed by atoms with Crippen LogP contribution in [0.25, 0.3) is 10.8 Å². The van der Waals surface area contributed by atoms with E-state index >= 15 is 0 Å². The van der Waals surface area contributed by atoms with Crippen LogP contribution in [0.4, 0.5) is 0 Å². The summed E-state index contributed by atoms with van der Waals surface area (Å²) in [5.74, 6) is 0. The summed E-state index contributed by atoms with van der Waals surface area (Å²) in [4.78, 5) is 0.228. The van der Waals surface area contributed by atoms with Crippen LogP contribution in [0, 0.1) is 0 Å². The second-order valence-electron chi connectivity index (χ2n) is 4.93. The van der Waals surface area contributed by atoms with Crippen molar-refractivity contribution in [1.29, 1.82) is 0 Å². The lowest BCUT2D eigenvalue weighted by Gasteiger charge is -2.12. The largest absolute Gasteiger partial charge is 0.222 e. The van der Waals surface area contributed by atoms with Crippen LogP contribution in [0.3, 0.4) is 0 Å². The number of alkyl halides is 1. The first kappa shape index (κ1) is 15.5. The van der Waals surface area contributed by atoms with Gasteiger partial charge in [0.15, 0.2) is 14.5 Å². The molecular formula is C17H12BrClO2S. The third kappa shape index (κ3) is 2.91. The topological polar surface area (TPSA) is 34.1 Å². The van der Waals surface area contributed by atoms with Gasteiger partial charge in [-0.15, -0.1) is 0 Å². The van der Waals surface area contributed by atoms with Crippen molar-refractivity contribution < 1.29 is 8.42 Å². The summed E-state index contributed by atoms with van der Waals surface area (Å²) in [7, 11) is -3.64. The summed E-state index contributed by atoms with van der Waals surface area (Å²) in [5, 5.41) is 1.83. The first-order valence-electron chi connectivity index (χ1n) is 6.61. The first-order valence-corrected chi connectivity index (χ1v) is 9.38. The van der Waals surface area contributed by atoms with Gasteiger partial charge in [-0.3, -0.25) is 0 Å². The molecule has 3 rings (SSSR count). The molecule has 0 saturated heterocycles. The molecule has 0 saturated carbocycles. The van der Waals surface area contributed by atoms with Gasteiger partial charge in [0.25, 0.3) is 0 Å². The molecule has 0 spiro atoms. The van der Waals surface area contributed by atoms with E-state index in [1.807, 2.05) is 24.3 Å². The van der Waals surface area contributed by atoms with Crippen molar-refractivity contribution in [2.45, 2.75) is 9.60 Å². The van der Waals surface area contributed by atoms with E-state index in [4.69, 9.17) is 11.6 Å². The minimum absolute atomic E-state index is 0.228. The predicted molar refractivity (Wildman–Crippen MR) is 93.9 cm³/mol. The molecule has 0 fully saturated rings. The third-order valence-corrected chi connectivity index (χ3v) is 6.61. The van der Waals surface area contributed by atoms with Gasteiger partial charge in [-0.2, -0.15) is 0 Å². The molecular weight excluding hydrogens is 384 g/mol. The Labute approximate surface area is 142 Å². The van der Waals surface area contributed by atoms with E-state index in [-0.39, 0.29) is 4.90 Å². The minimum Gasteiger partial charge on any atom is -0.222 e. The molecule has 0 aliphatic carbocycles. The summed E-state index contributed by atoms with van der Waals surface area (Å²) in [6.45, 7) is 0. The lowest BCUT2D eigenvalue weighted by atomic mass is 10.1. The summed E-state index contributed by atoms with van der Waals surface area (Å²) in [5.41, 5.74) is 0.570. The Morgan fingerprint density at radius 3 is 2.23 bits per heavy atom. The highest BCUT2D eigenvalue weighted by Crippen LogP contribution is 2.33. The highest BCUT2D eigenvalue weighted by atomic mass is 79.9.